The summed E-state index contributed by atoms with van der Waals surface area (Å²) in [4.78, 5) is 27.1. The average molecular weight is 424 g/mol. The number of benzene rings is 1. The number of halogens is 1. The monoisotopic (exact) mass is 423 g/mol. The van der Waals surface area contributed by atoms with Crippen molar-refractivity contribution in [3.05, 3.63) is 59.7 Å². The highest BCUT2D eigenvalue weighted by Crippen LogP contribution is 2.38. The van der Waals surface area contributed by atoms with Crippen molar-refractivity contribution in [1.82, 2.24) is 14.9 Å². The summed E-state index contributed by atoms with van der Waals surface area (Å²) >= 11 is 1.70. The lowest BCUT2D eigenvalue weighted by Crippen LogP contribution is -2.50. The summed E-state index contributed by atoms with van der Waals surface area (Å²) in [6.07, 6.45) is 9.12. The number of rotatable bonds is 4. The van der Waals surface area contributed by atoms with Crippen LogP contribution in [0.5, 0.6) is 0 Å². The predicted octanol–water partition coefficient (Wildman–Crippen LogP) is 3.89. The number of amides is 1. The maximum atomic E-state index is 13.6. The highest BCUT2D eigenvalue weighted by atomic mass is 32.2. The average Bonchev–Trinajstić information content (AvgIpc) is 3.23. The Balaban J connectivity index is 1.39. The molecule has 1 N–H and O–H groups in total. The number of anilines is 3. The molecule has 3 heterocycles. The molecule has 5 rings (SSSR count). The molecule has 2 aromatic rings. The minimum atomic E-state index is -0.300. The maximum Gasteiger partial charge on any atom is 0.246 e. The molecule has 8 heteroatoms. The molecule has 0 spiro atoms. The molecule has 1 saturated heterocycles. The zero-order valence-electron chi connectivity index (χ0n) is 16.5. The van der Waals surface area contributed by atoms with E-state index in [1.807, 2.05) is 21.9 Å². The second-order valence-corrected chi connectivity index (χ2v) is 8.56. The Morgan fingerprint density at radius 2 is 2.10 bits per heavy atom. The topological polar surface area (TPSA) is 61.4 Å². The van der Waals surface area contributed by atoms with Crippen LogP contribution in [0.15, 0.2) is 53.1 Å². The van der Waals surface area contributed by atoms with Crippen molar-refractivity contribution in [1.29, 1.82) is 0 Å². The van der Waals surface area contributed by atoms with Crippen molar-refractivity contribution in [3.63, 3.8) is 0 Å². The molecule has 0 bridgehead atoms. The number of nitrogens with one attached hydrogen (secondary N) is 1. The van der Waals surface area contributed by atoms with Crippen molar-refractivity contribution in [3.8, 4) is 0 Å². The molecular formula is C22H22FN5OS. The molecule has 1 fully saturated rings. The summed E-state index contributed by atoms with van der Waals surface area (Å²) in [5, 5.41) is 3.24. The summed E-state index contributed by atoms with van der Waals surface area (Å²) < 4.78 is 13.6. The maximum absolute atomic E-state index is 13.6. The van der Waals surface area contributed by atoms with Crippen LogP contribution < -0.4 is 10.2 Å². The van der Waals surface area contributed by atoms with Gasteiger partial charge in [-0.3, -0.25) is 4.79 Å². The summed E-state index contributed by atoms with van der Waals surface area (Å²) in [5.74, 6) is 1.93. The van der Waals surface area contributed by atoms with Gasteiger partial charge in [-0.25, -0.2) is 9.37 Å². The van der Waals surface area contributed by atoms with E-state index in [1.165, 1.54) is 12.1 Å². The Kier molecular flexibility index (Phi) is 5.16. The van der Waals surface area contributed by atoms with E-state index in [2.05, 4.69) is 17.5 Å². The minimum Gasteiger partial charge on any atom is -0.339 e. The summed E-state index contributed by atoms with van der Waals surface area (Å²) in [5.41, 5.74) is 2.62. The van der Waals surface area contributed by atoms with E-state index in [9.17, 15) is 9.18 Å². The fraction of sp³-hybridized carbons (Fsp3) is 0.318. The fourth-order valence-electron chi connectivity index (χ4n) is 3.90. The lowest BCUT2D eigenvalue weighted by atomic mass is 10.1. The molecule has 0 atom stereocenters. The Labute approximate surface area is 178 Å². The Morgan fingerprint density at radius 3 is 2.90 bits per heavy atom. The van der Waals surface area contributed by atoms with Crippen molar-refractivity contribution in [2.45, 2.75) is 24.2 Å². The van der Waals surface area contributed by atoms with Crippen LogP contribution in [-0.4, -0.2) is 46.2 Å². The van der Waals surface area contributed by atoms with Crippen LogP contribution in [0.25, 0.3) is 0 Å². The minimum absolute atomic E-state index is 0.0529. The number of aromatic nitrogens is 2. The number of hydrogen-bond acceptors (Lipinski definition) is 6. The lowest BCUT2D eigenvalue weighted by Gasteiger charge is -2.35. The van der Waals surface area contributed by atoms with Crippen molar-refractivity contribution in [2.75, 3.05) is 35.6 Å². The summed E-state index contributed by atoms with van der Waals surface area (Å²) in [6.45, 7) is 1.52. The normalized spacial score (nSPS) is 18.4. The molecule has 0 unspecified atom stereocenters. The third-order valence-electron chi connectivity index (χ3n) is 5.39. The van der Waals surface area contributed by atoms with Gasteiger partial charge < -0.3 is 15.1 Å². The molecule has 1 aromatic carbocycles. The van der Waals surface area contributed by atoms with Gasteiger partial charge in [-0.1, -0.05) is 18.2 Å². The zero-order chi connectivity index (χ0) is 20.5. The van der Waals surface area contributed by atoms with Gasteiger partial charge in [0.1, 0.15) is 18.2 Å². The first-order valence-electron chi connectivity index (χ1n) is 10.2. The number of aryl methyl sites for hydroxylation is 1. The first kappa shape index (κ1) is 19.1. The van der Waals surface area contributed by atoms with Gasteiger partial charge in [0, 0.05) is 36.6 Å². The molecule has 2 aliphatic heterocycles. The van der Waals surface area contributed by atoms with E-state index in [1.54, 1.807) is 17.8 Å². The Hall–Kier alpha value is -2.87. The van der Waals surface area contributed by atoms with Gasteiger partial charge in [-0.2, -0.15) is 4.98 Å². The van der Waals surface area contributed by atoms with E-state index >= 15 is 0 Å². The van der Waals surface area contributed by atoms with Crippen molar-refractivity contribution in [2.24, 2.45) is 0 Å². The number of carbonyl (C=O) groups excluding carboxylic acids is 1. The van der Waals surface area contributed by atoms with Gasteiger partial charge in [0.2, 0.25) is 11.9 Å². The Bertz CT molecular complexity index is 1050. The molecule has 154 valence electrons. The molecule has 1 aromatic heterocycles. The van der Waals surface area contributed by atoms with Crippen LogP contribution in [0.1, 0.15) is 18.5 Å². The third kappa shape index (κ3) is 3.79. The van der Waals surface area contributed by atoms with Gasteiger partial charge in [0.25, 0.3) is 0 Å². The molecule has 1 aliphatic carbocycles. The second-order valence-electron chi connectivity index (χ2n) is 7.46. The van der Waals surface area contributed by atoms with E-state index in [0.717, 1.165) is 41.3 Å². The van der Waals surface area contributed by atoms with Gasteiger partial charge >= 0.3 is 0 Å². The number of allylic oxidation sites excluding steroid dienone is 3. The lowest BCUT2D eigenvalue weighted by molar-refractivity contribution is -0.128. The van der Waals surface area contributed by atoms with Crippen LogP contribution in [0.3, 0.4) is 0 Å². The number of thioether (sulfide) groups is 1. The van der Waals surface area contributed by atoms with Crippen molar-refractivity contribution >= 4 is 35.1 Å². The van der Waals surface area contributed by atoms with Gasteiger partial charge in [-0.15, -0.1) is 11.8 Å². The highest BCUT2D eigenvalue weighted by molar-refractivity contribution is 7.99. The van der Waals surface area contributed by atoms with Gasteiger partial charge in [-0.05, 0) is 37.1 Å². The van der Waals surface area contributed by atoms with E-state index in [4.69, 9.17) is 9.97 Å². The highest BCUT2D eigenvalue weighted by Gasteiger charge is 2.29. The second kappa shape index (κ2) is 8.10. The van der Waals surface area contributed by atoms with Crippen LogP contribution in [0, 0.1) is 5.82 Å². The van der Waals surface area contributed by atoms with Gasteiger partial charge in [0.15, 0.2) is 0 Å². The van der Waals surface area contributed by atoms with E-state index in [-0.39, 0.29) is 18.3 Å². The Morgan fingerprint density at radius 1 is 1.17 bits per heavy atom. The number of fused-ring (bicyclic) bond motifs is 1. The number of piperazine rings is 1. The quantitative estimate of drug-likeness (QED) is 0.805. The number of hydrogen-bond donors (Lipinski definition) is 1. The third-order valence-corrected chi connectivity index (χ3v) is 6.51. The standard InChI is InChI=1S/C22H22FN5OS/c23-15-5-4-6-16(13-15)24-21-20-18(9-12-30-20)25-22(26-21)27-10-11-28(19(29)14-27)17-7-2-1-3-8-17/h2,4-8,13H,1,3,9-12,14H2,(H,24,25,26). The summed E-state index contributed by atoms with van der Waals surface area (Å²) in [6, 6.07) is 6.34. The SMILES string of the molecule is O=C1CN(c2nc3c(c(Nc4cccc(F)c4)n2)SCC3)CCN1C1=CCCC=C1. The molecule has 30 heavy (non-hydrogen) atoms. The summed E-state index contributed by atoms with van der Waals surface area (Å²) in [7, 11) is 0. The molecule has 3 aliphatic rings. The zero-order valence-corrected chi connectivity index (χ0v) is 17.3. The largest absolute Gasteiger partial charge is 0.339 e. The molecule has 0 saturated carbocycles. The predicted molar refractivity (Wildman–Crippen MR) is 117 cm³/mol. The fourth-order valence-corrected chi connectivity index (χ4v) is 4.95. The molecular weight excluding hydrogens is 401 g/mol. The van der Waals surface area contributed by atoms with E-state index in [0.29, 0.717) is 30.5 Å². The van der Waals surface area contributed by atoms with Crippen molar-refractivity contribution < 1.29 is 9.18 Å². The van der Waals surface area contributed by atoms with Crippen LogP contribution >= 0.6 is 11.8 Å². The van der Waals surface area contributed by atoms with Crippen LogP contribution in [0.2, 0.25) is 0 Å². The number of carbonyl (C=O) groups is 1. The van der Waals surface area contributed by atoms with Crippen LogP contribution in [0.4, 0.5) is 21.8 Å². The van der Waals surface area contributed by atoms with Crippen LogP contribution in [-0.2, 0) is 11.2 Å². The molecule has 1 amide bonds. The first-order chi connectivity index (χ1) is 14.7. The smallest absolute Gasteiger partial charge is 0.246 e. The first-order valence-corrected chi connectivity index (χ1v) is 11.1. The van der Waals surface area contributed by atoms with E-state index < -0.39 is 0 Å². The molecule has 0 radical (unpaired) electrons. The van der Waals surface area contributed by atoms with Gasteiger partial charge in [0.05, 0.1) is 10.6 Å². The number of nitrogens with zero attached hydrogens (tertiary/aromatic N) is 4. The molecule has 6 nitrogen and oxygen atoms in total.